The highest BCUT2D eigenvalue weighted by Crippen LogP contribution is 2.43. The fourth-order valence-electron chi connectivity index (χ4n) is 8.17. The van der Waals surface area contributed by atoms with Gasteiger partial charge in [-0.25, -0.2) is 0 Å². The van der Waals surface area contributed by atoms with Gasteiger partial charge < -0.3 is 0 Å². The Balaban J connectivity index is 1.43. The highest BCUT2D eigenvalue weighted by atomic mass is 14.3. The normalized spacial score (nSPS) is 14.6. The van der Waals surface area contributed by atoms with Crippen molar-refractivity contribution >= 4 is 40.6 Å². The summed E-state index contributed by atoms with van der Waals surface area (Å²) in [4.78, 5) is 0. The summed E-state index contributed by atoms with van der Waals surface area (Å²) < 4.78 is 0. The molecule has 0 atom stereocenters. The van der Waals surface area contributed by atoms with Gasteiger partial charge >= 0.3 is 0 Å². The molecular formula is C56H62. The molecule has 0 heteroatoms. The van der Waals surface area contributed by atoms with Crippen LogP contribution in [-0.4, -0.2) is 0 Å². The van der Waals surface area contributed by atoms with E-state index in [-0.39, 0.29) is 5.41 Å². The largest absolute Gasteiger partial charge is 0.0956 e. The molecule has 0 fully saturated rings. The number of hydrogen-bond donors (Lipinski definition) is 0. The summed E-state index contributed by atoms with van der Waals surface area (Å²) in [7, 11) is 0. The zero-order chi connectivity index (χ0) is 40.1. The molecule has 2 aliphatic carbocycles. The van der Waals surface area contributed by atoms with Crippen LogP contribution in [-0.2, 0) is 6.42 Å². The first-order valence-electron chi connectivity index (χ1n) is 20.8. The Kier molecular flexibility index (Phi) is 12.5. The zero-order valence-electron chi connectivity index (χ0n) is 35.4. The Bertz CT molecular complexity index is 2360. The first-order valence-corrected chi connectivity index (χ1v) is 20.8. The number of fused-ring (bicyclic) bond motifs is 3. The molecule has 0 aliphatic heterocycles. The Labute approximate surface area is 338 Å². The summed E-state index contributed by atoms with van der Waals surface area (Å²) in [5.41, 5.74) is 19.2. The van der Waals surface area contributed by atoms with E-state index in [4.69, 9.17) is 0 Å². The van der Waals surface area contributed by atoms with Crippen LogP contribution in [0.5, 0.6) is 0 Å². The average molecular weight is 735 g/mol. The van der Waals surface area contributed by atoms with E-state index in [0.29, 0.717) is 11.8 Å². The van der Waals surface area contributed by atoms with Gasteiger partial charge in [-0.2, -0.15) is 0 Å². The van der Waals surface area contributed by atoms with Gasteiger partial charge in [0.25, 0.3) is 0 Å². The van der Waals surface area contributed by atoms with E-state index in [9.17, 15) is 0 Å². The van der Waals surface area contributed by atoms with E-state index in [2.05, 4.69) is 197 Å². The van der Waals surface area contributed by atoms with Crippen molar-refractivity contribution in [2.75, 3.05) is 0 Å². The number of rotatable bonds is 12. The monoisotopic (exact) mass is 734 g/mol. The molecule has 56 heavy (non-hydrogen) atoms. The predicted molar refractivity (Wildman–Crippen MR) is 252 cm³/mol. The third-order valence-corrected chi connectivity index (χ3v) is 11.6. The third kappa shape index (κ3) is 8.92. The van der Waals surface area contributed by atoms with Crippen LogP contribution in [0.1, 0.15) is 126 Å². The van der Waals surface area contributed by atoms with Crippen LogP contribution in [0, 0.1) is 11.3 Å². The van der Waals surface area contributed by atoms with Gasteiger partial charge in [-0.1, -0.05) is 190 Å². The van der Waals surface area contributed by atoms with E-state index in [1.807, 2.05) is 0 Å². The molecule has 0 heterocycles. The summed E-state index contributed by atoms with van der Waals surface area (Å²) >= 11 is 0. The molecular weight excluding hydrogens is 673 g/mol. The second-order valence-corrected chi connectivity index (χ2v) is 17.3. The average Bonchev–Trinajstić information content (AvgIpc) is 3.17. The van der Waals surface area contributed by atoms with Gasteiger partial charge in [0, 0.05) is 0 Å². The fraction of sp³-hybridized carbons (Fsp3) is 0.286. The van der Waals surface area contributed by atoms with Crippen LogP contribution in [0.4, 0.5) is 0 Å². The van der Waals surface area contributed by atoms with Crippen molar-refractivity contribution in [3.63, 3.8) is 0 Å². The summed E-state index contributed by atoms with van der Waals surface area (Å²) in [5, 5.41) is 2.49. The minimum atomic E-state index is 0.122. The molecule has 0 spiro atoms. The second-order valence-electron chi connectivity index (χ2n) is 17.3. The van der Waals surface area contributed by atoms with Crippen molar-refractivity contribution in [1.82, 2.24) is 0 Å². The first kappa shape index (κ1) is 40.5. The van der Waals surface area contributed by atoms with Crippen molar-refractivity contribution in [3.05, 3.63) is 173 Å². The fourth-order valence-corrected chi connectivity index (χ4v) is 8.17. The van der Waals surface area contributed by atoms with E-state index in [1.54, 1.807) is 0 Å². The minimum absolute atomic E-state index is 0.122. The van der Waals surface area contributed by atoms with Crippen molar-refractivity contribution < 1.29 is 0 Å². The Morgan fingerprint density at radius 3 is 2.20 bits per heavy atom. The lowest BCUT2D eigenvalue weighted by molar-refractivity contribution is 0.488. The lowest BCUT2D eigenvalue weighted by Crippen LogP contribution is -2.08. The van der Waals surface area contributed by atoms with Gasteiger partial charge in [-0.3, -0.25) is 0 Å². The van der Waals surface area contributed by atoms with E-state index in [1.165, 1.54) is 83.1 Å². The Morgan fingerprint density at radius 1 is 0.786 bits per heavy atom. The second kappa shape index (κ2) is 17.3. The molecule has 6 rings (SSSR count). The maximum absolute atomic E-state index is 4.60. The van der Waals surface area contributed by atoms with E-state index >= 15 is 0 Å². The molecule has 0 saturated carbocycles. The molecule has 0 saturated heterocycles. The molecule has 0 amide bonds. The van der Waals surface area contributed by atoms with Crippen LogP contribution >= 0.6 is 0 Å². The first-order chi connectivity index (χ1) is 26.8. The zero-order valence-corrected chi connectivity index (χ0v) is 35.4. The van der Waals surface area contributed by atoms with Crippen LogP contribution < -0.4 is 0 Å². The van der Waals surface area contributed by atoms with Gasteiger partial charge in [0.2, 0.25) is 0 Å². The minimum Gasteiger partial charge on any atom is -0.0956 e. The topological polar surface area (TPSA) is 0 Å². The maximum Gasteiger partial charge on any atom is -0.00732 e. The van der Waals surface area contributed by atoms with Crippen LogP contribution in [0.25, 0.3) is 62.9 Å². The van der Waals surface area contributed by atoms with Gasteiger partial charge in [0.05, 0.1) is 0 Å². The smallest absolute Gasteiger partial charge is 0.00732 e. The Morgan fingerprint density at radius 2 is 1.52 bits per heavy atom. The molecule has 0 aromatic heterocycles. The highest BCUT2D eigenvalue weighted by Gasteiger charge is 2.22. The predicted octanol–water partition coefficient (Wildman–Crippen LogP) is 16.8. The Hall–Kier alpha value is -5.20. The third-order valence-electron chi connectivity index (χ3n) is 11.6. The molecule has 4 aromatic rings. The molecule has 0 radical (unpaired) electrons. The molecule has 2 aliphatic rings. The van der Waals surface area contributed by atoms with Crippen molar-refractivity contribution in [2.24, 2.45) is 11.3 Å². The molecule has 0 N–H and O–H groups in total. The van der Waals surface area contributed by atoms with Crippen molar-refractivity contribution in [1.29, 1.82) is 0 Å². The summed E-state index contributed by atoms with van der Waals surface area (Å²) in [6.07, 6.45) is 29.9. The summed E-state index contributed by atoms with van der Waals surface area (Å²) in [5.74, 6) is 0.820. The molecule has 4 aromatic carbocycles. The number of allylic oxidation sites excluding steroid dienone is 11. The van der Waals surface area contributed by atoms with Crippen LogP contribution in [0.3, 0.4) is 0 Å². The maximum atomic E-state index is 4.60. The van der Waals surface area contributed by atoms with Crippen molar-refractivity contribution in [2.45, 2.75) is 93.4 Å². The number of hydrogen-bond acceptors (Lipinski definition) is 0. The van der Waals surface area contributed by atoms with E-state index < -0.39 is 0 Å². The highest BCUT2D eigenvalue weighted by molar-refractivity contribution is 5.97. The van der Waals surface area contributed by atoms with Crippen LogP contribution in [0.2, 0.25) is 0 Å². The molecule has 0 unspecified atom stereocenters. The van der Waals surface area contributed by atoms with Crippen molar-refractivity contribution in [3.8, 4) is 22.3 Å². The standard InChI is InChI=1S/C56H62/c1-12-47(56(9,10)11)33-39(6)25-31-50-48-22-17-16-21-43(48)30-32-49(50)44-28-26-42-27-29-45(35-46(42)34-44)54-36-53(38(4)5)51(55-41(8)20-18-24-52(54)55)23-15-13-14-19-40(7)37(2)3/h14-16,18-19,21,23-38H,6-8,12-13,17,20,22H2,1-5,9-11H3/b19-14-,23-15-,31-25-,47-33+. The number of benzene rings is 4. The lowest BCUT2D eigenvalue weighted by atomic mass is 9.79. The summed E-state index contributed by atoms with van der Waals surface area (Å²) in [6, 6.07) is 21.0. The molecule has 0 bridgehead atoms. The SMILES string of the molecule is C=C(/C=C\c1c(-c2ccc3ccc(-c4cc(C(C)C)c(/C=C\C/C=C\C(=C)C(C)C)c5c4C=CCC5=C)cc3c2)ccc2c1CCC=C2)/C=C(\CC)C(C)(C)C. The molecule has 286 valence electrons. The van der Waals surface area contributed by atoms with Gasteiger partial charge in [0.15, 0.2) is 0 Å². The summed E-state index contributed by atoms with van der Waals surface area (Å²) in [6.45, 7) is 31.3. The lowest BCUT2D eigenvalue weighted by Gasteiger charge is -2.25. The van der Waals surface area contributed by atoms with Gasteiger partial charge in [-0.15, -0.1) is 0 Å². The van der Waals surface area contributed by atoms with Gasteiger partial charge in [0.1, 0.15) is 0 Å². The molecule has 0 nitrogen and oxygen atoms in total. The quantitative estimate of drug-likeness (QED) is 0.127. The van der Waals surface area contributed by atoms with E-state index in [0.717, 1.165) is 43.3 Å². The van der Waals surface area contributed by atoms with Gasteiger partial charge in [-0.05, 0) is 151 Å². The van der Waals surface area contributed by atoms with Crippen LogP contribution in [0.15, 0.2) is 134 Å².